The number of aromatic hydroxyl groups is 1. The van der Waals surface area contributed by atoms with Crippen LogP contribution < -0.4 is 14.4 Å². The molecule has 0 unspecified atom stereocenters. The van der Waals surface area contributed by atoms with E-state index in [0.717, 1.165) is 55.8 Å². The van der Waals surface area contributed by atoms with Gasteiger partial charge in [0.15, 0.2) is 11.5 Å². The second-order valence-electron chi connectivity index (χ2n) is 14.8. The molecule has 1 atom stereocenters. The summed E-state index contributed by atoms with van der Waals surface area (Å²) in [4.78, 5) is 36.0. The first-order valence-corrected chi connectivity index (χ1v) is 19.1. The van der Waals surface area contributed by atoms with Gasteiger partial charge in [0.25, 0.3) is 11.8 Å². The third-order valence-corrected chi connectivity index (χ3v) is 11.4. The van der Waals surface area contributed by atoms with Gasteiger partial charge in [-0.3, -0.25) is 19.4 Å². The molecule has 0 bridgehead atoms. The number of carbonyl (C=O) groups excluding carboxylic acids is 2. The largest absolute Gasteiger partial charge is 0.508 e. The van der Waals surface area contributed by atoms with Crippen molar-refractivity contribution in [2.75, 3.05) is 44.5 Å². The van der Waals surface area contributed by atoms with Crippen LogP contribution in [-0.4, -0.2) is 77.0 Å². The number of morpholine rings is 1. The number of ether oxygens (including phenoxy) is 3. The van der Waals surface area contributed by atoms with Crippen molar-refractivity contribution in [1.29, 1.82) is 0 Å². The highest BCUT2D eigenvalue weighted by Gasteiger charge is 2.36. The monoisotopic (exact) mass is 742 g/mol. The number of benzene rings is 4. The summed E-state index contributed by atoms with van der Waals surface area (Å²) >= 11 is 0. The van der Waals surface area contributed by atoms with E-state index in [1.165, 1.54) is 28.7 Å². The summed E-state index contributed by atoms with van der Waals surface area (Å²) in [7, 11) is 0. The van der Waals surface area contributed by atoms with E-state index in [2.05, 4.69) is 27.7 Å². The molecule has 1 saturated heterocycles. The van der Waals surface area contributed by atoms with Crippen LogP contribution in [0.4, 0.5) is 15.8 Å². The Morgan fingerprint density at radius 2 is 1.60 bits per heavy atom. The second-order valence-corrected chi connectivity index (χ2v) is 14.8. The van der Waals surface area contributed by atoms with E-state index in [1.807, 2.05) is 23.1 Å². The van der Waals surface area contributed by atoms with E-state index < -0.39 is 5.82 Å². The molecule has 0 aliphatic carbocycles. The fourth-order valence-electron chi connectivity index (χ4n) is 8.47. The van der Waals surface area contributed by atoms with Gasteiger partial charge in [0.05, 0.1) is 30.0 Å². The average Bonchev–Trinajstić information content (AvgIpc) is 3.84. The smallest absolute Gasteiger partial charge is 0.264 e. The topological polar surface area (TPSA) is 96.7 Å². The molecule has 0 spiro atoms. The van der Waals surface area contributed by atoms with Crippen molar-refractivity contribution in [3.8, 4) is 28.5 Å². The first-order valence-electron chi connectivity index (χ1n) is 19.1. The molecule has 5 heterocycles. The number of fused-ring (bicyclic) bond motifs is 3. The van der Waals surface area contributed by atoms with Crippen molar-refractivity contribution in [1.82, 2.24) is 14.4 Å². The van der Waals surface area contributed by atoms with E-state index in [9.17, 15) is 9.90 Å². The normalized spacial score (nSPS) is 17.8. The van der Waals surface area contributed by atoms with Crippen LogP contribution in [0.1, 0.15) is 55.9 Å². The Bertz CT molecular complexity index is 2280. The first kappa shape index (κ1) is 35.1. The molecule has 2 amide bonds. The lowest BCUT2D eigenvalue weighted by Gasteiger charge is -2.40. The van der Waals surface area contributed by atoms with Gasteiger partial charge in [-0.2, -0.15) is 0 Å². The summed E-state index contributed by atoms with van der Waals surface area (Å²) < 4.78 is 34.6. The highest BCUT2D eigenvalue weighted by Crippen LogP contribution is 2.43. The van der Waals surface area contributed by atoms with Gasteiger partial charge >= 0.3 is 0 Å². The second kappa shape index (κ2) is 14.5. The summed E-state index contributed by atoms with van der Waals surface area (Å²) in [6.07, 6.45) is 3.20. The molecule has 0 saturated carbocycles. The lowest BCUT2D eigenvalue weighted by atomic mass is 9.92. The van der Waals surface area contributed by atoms with Crippen molar-refractivity contribution in [3.63, 3.8) is 0 Å². The maximum absolute atomic E-state index is 15.2. The number of amides is 2. The molecular weight excluding hydrogens is 700 g/mol. The van der Waals surface area contributed by atoms with Crippen LogP contribution in [0.2, 0.25) is 0 Å². The standard InChI is InChI=1S/C44H43FN4O6/c1-28-9-10-32(21-38(28)45)49(31-11-13-34(50)14-12-31)44(52)37-22-40(47-15-5-4-8-39(37)47)35-23-41-42(55-27-54-41)24-36(35)43(51)48-25-30-7-3-2-6-29(30)20-33(48)26-46-16-18-53-19-17-46/h2-3,6-7,9-14,21-24,33,50H,4-5,8,15-20,25-27H2,1H3/t33-/m0/s1. The van der Waals surface area contributed by atoms with Gasteiger partial charge in [0.2, 0.25) is 6.79 Å². The Kier molecular flexibility index (Phi) is 9.27. The van der Waals surface area contributed by atoms with Crippen molar-refractivity contribution in [3.05, 3.63) is 124 Å². The molecule has 1 N–H and O–H groups in total. The predicted octanol–water partition coefficient (Wildman–Crippen LogP) is 7.25. The number of phenols is 1. The number of nitrogens with zero attached hydrogens (tertiary/aromatic N) is 4. The van der Waals surface area contributed by atoms with Crippen LogP contribution in [0.15, 0.2) is 84.9 Å². The van der Waals surface area contributed by atoms with Gasteiger partial charge < -0.3 is 28.8 Å². The van der Waals surface area contributed by atoms with Gasteiger partial charge in [0.1, 0.15) is 11.6 Å². The van der Waals surface area contributed by atoms with E-state index in [4.69, 9.17) is 14.2 Å². The minimum atomic E-state index is -0.426. The lowest BCUT2D eigenvalue weighted by Crippen LogP contribution is -2.52. The van der Waals surface area contributed by atoms with E-state index in [1.54, 1.807) is 37.3 Å². The first-order chi connectivity index (χ1) is 26.8. The molecule has 10 nitrogen and oxygen atoms in total. The van der Waals surface area contributed by atoms with Crippen molar-refractivity contribution in [2.24, 2.45) is 0 Å². The quantitative estimate of drug-likeness (QED) is 0.188. The molecule has 0 radical (unpaired) electrons. The highest BCUT2D eigenvalue weighted by atomic mass is 19.1. The summed E-state index contributed by atoms with van der Waals surface area (Å²) in [5, 5.41) is 10.1. The number of anilines is 2. The number of hydrogen-bond acceptors (Lipinski definition) is 7. The number of phenolic OH excluding ortho intramolecular Hbond substituents is 1. The van der Waals surface area contributed by atoms with Gasteiger partial charge in [0, 0.05) is 61.4 Å². The van der Waals surface area contributed by atoms with Crippen LogP contribution in [-0.2, 0) is 30.7 Å². The average molecular weight is 743 g/mol. The molecule has 4 aliphatic rings. The Morgan fingerprint density at radius 1 is 0.855 bits per heavy atom. The summed E-state index contributed by atoms with van der Waals surface area (Å²) in [6, 6.07) is 24.9. The molecule has 1 fully saturated rings. The minimum Gasteiger partial charge on any atom is -0.508 e. The van der Waals surface area contributed by atoms with Crippen LogP contribution in [0.25, 0.3) is 11.3 Å². The Morgan fingerprint density at radius 3 is 2.38 bits per heavy atom. The molecule has 4 aliphatic heterocycles. The fourth-order valence-corrected chi connectivity index (χ4v) is 8.47. The Balaban J connectivity index is 1.16. The van der Waals surface area contributed by atoms with Gasteiger partial charge in [-0.05, 0) is 104 Å². The van der Waals surface area contributed by atoms with Gasteiger partial charge in [-0.1, -0.05) is 30.3 Å². The highest BCUT2D eigenvalue weighted by molar-refractivity contribution is 6.13. The van der Waals surface area contributed by atoms with E-state index in [-0.39, 0.29) is 30.4 Å². The zero-order valence-electron chi connectivity index (χ0n) is 30.8. The number of rotatable bonds is 7. The molecule has 1 aromatic heterocycles. The van der Waals surface area contributed by atoms with Gasteiger partial charge in [-0.25, -0.2) is 4.39 Å². The van der Waals surface area contributed by atoms with Crippen LogP contribution in [0.3, 0.4) is 0 Å². The molecule has 282 valence electrons. The molecule has 11 heteroatoms. The predicted molar refractivity (Wildman–Crippen MR) is 206 cm³/mol. The SMILES string of the molecule is Cc1ccc(N(C(=O)c2cc(-c3cc4c(cc3C(=O)N3Cc5ccccc5C[C@H]3CN3CCOCC3)OCO4)n3c2CCCC3)c2ccc(O)cc2)cc1F. The molecular formula is C44H43FN4O6. The number of halogens is 1. The molecule has 9 rings (SSSR count). The van der Waals surface area contributed by atoms with Gasteiger partial charge in [-0.15, -0.1) is 0 Å². The summed E-state index contributed by atoms with van der Waals surface area (Å²) in [5.74, 6) is 0.235. The number of hydrogen-bond donors (Lipinski definition) is 1. The lowest BCUT2D eigenvalue weighted by molar-refractivity contribution is 0.0193. The van der Waals surface area contributed by atoms with Crippen LogP contribution in [0, 0.1) is 12.7 Å². The summed E-state index contributed by atoms with van der Waals surface area (Å²) in [6.45, 7) is 6.58. The summed E-state index contributed by atoms with van der Waals surface area (Å²) in [5.41, 5.74) is 6.92. The van der Waals surface area contributed by atoms with Crippen molar-refractivity contribution in [2.45, 2.75) is 51.7 Å². The maximum Gasteiger partial charge on any atom is 0.264 e. The van der Waals surface area contributed by atoms with Crippen LogP contribution >= 0.6 is 0 Å². The zero-order chi connectivity index (χ0) is 37.6. The number of aryl methyl sites for hydroxylation is 1. The minimum absolute atomic E-state index is 0.0495. The third-order valence-electron chi connectivity index (χ3n) is 11.4. The molecule has 4 aromatic carbocycles. The fraction of sp³-hybridized carbons (Fsp3) is 0.318. The molecule has 5 aromatic rings. The third kappa shape index (κ3) is 6.61. The Hall–Kier alpha value is -5.65. The Labute approximate surface area is 319 Å². The maximum atomic E-state index is 15.2. The van der Waals surface area contributed by atoms with E-state index in [0.29, 0.717) is 77.9 Å². The van der Waals surface area contributed by atoms with Crippen molar-refractivity contribution < 1.29 is 33.3 Å². The zero-order valence-corrected chi connectivity index (χ0v) is 30.8. The number of carbonyl (C=O) groups is 2. The van der Waals surface area contributed by atoms with Crippen LogP contribution in [0.5, 0.6) is 17.2 Å². The van der Waals surface area contributed by atoms with Crippen molar-refractivity contribution >= 4 is 23.2 Å². The van der Waals surface area contributed by atoms with E-state index >= 15 is 9.18 Å². The number of aromatic nitrogens is 1. The molecule has 55 heavy (non-hydrogen) atoms.